The Morgan fingerprint density at radius 2 is 2.23 bits per heavy atom. The Bertz CT molecular complexity index is 294. The fourth-order valence-corrected chi connectivity index (χ4v) is 1.15. The third-order valence-electron chi connectivity index (χ3n) is 1.65. The molecule has 0 atom stereocenters. The molecule has 0 aromatic heterocycles. The van der Waals surface area contributed by atoms with E-state index < -0.39 is 0 Å². The fraction of sp³-hybridized carbons (Fsp3) is 0.200. The fourth-order valence-electron chi connectivity index (χ4n) is 1.15. The molecule has 0 amide bonds. The van der Waals surface area contributed by atoms with E-state index in [1.54, 1.807) is 0 Å². The zero-order chi connectivity index (χ0) is 9.68. The van der Waals surface area contributed by atoms with Crippen molar-refractivity contribution < 1.29 is 0 Å². The van der Waals surface area contributed by atoms with Crippen LogP contribution in [0.5, 0.6) is 0 Å². The summed E-state index contributed by atoms with van der Waals surface area (Å²) in [6, 6.07) is 7.78. The van der Waals surface area contributed by atoms with Gasteiger partial charge in [-0.25, -0.2) is 0 Å². The van der Waals surface area contributed by atoms with Crippen molar-refractivity contribution in [2.45, 2.75) is 13.3 Å². The Kier molecular flexibility index (Phi) is 3.31. The van der Waals surface area contributed by atoms with Crippen molar-refractivity contribution in [3.05, 3.63) is 36.2 Å². The highest BCUT2D eigenvalue weighted by Crippen LogP contribution is 2.17. The number of para-hydroxylation sites is 1. The van der Waals surface area contributed by atoms with E-state index in [1.807, 2.05) is 24.3 Å². The van der Waals surface area contributed by atoms with Crippen molar-refractivity contribution in [1.29, 1.82) is 5.41 Å². The SMILES string of the molecule is CC[CH]c1ccccc1NC(=N)N. The highest BCUT2D eigenvalue weighted by molar-refractivity contribution is 5.90. The van der Waals surface area contributed by atoms with Crippen LogP contribution in [0, 0.1) is 11.8 Å². The quantitative estimate of drug-likeness (QED) is 0.487. The molecule has 0 fully saturated rings. The maximum Gasteiger partial charge on any atom is 0.190 e. The lowest BCUT2D eigenvalue weighted by molar-refractivity contribution is 1.12. The second-order valence-corrected chi connectivity index (χ2v) is 2.74. The average molecular weight is 176 g/mol. The van der Waals surface area contributed by atoms with Gasteiger partial charge in [-0.05, 0) is 24.5 Å². The number of anilines is 1. The molecule has 13 heavy (non-hydrogen) atoms. The molecule has 0 spiro atoms. The Hall–Kier alpha value is -1.51. The maximum absolute atomic E-state index is 7.11. The molecule has 0 aliphatic rings. The lowest BCUT2D eigenvalue weighted by atomic mass is 10.1. The normalized spacial score (nSPS) is 9.62. The lowest BCUT2D eigenvalue weighted by Gasteiger charge is -2.08. The van der Waals surface area contributed by atoms with Crippen LogP contribution in [-0.2, 0) is 0 Å². The highest BCUT2D eigenvalue weighted by atomic mass is 15.0. The smallest absolute Gasteiger partial charge is 0.190 e. The van der Waals surface area contributed by atoms with Crippen molar-refractivity contribution in [2.24, 2.45) is 5.73 Å². The summed E-state index contributed by atoms with van der Waals surface area (Å²) in [6.45, 7) is 2.07. The van der Waals surface area contributed by atoms with Gasteiger partial charge in [0.2, 0.25) is 0 Å². The van der Waals surface area contributed by atoms with Gasteiger partial charge in [-0.15, -0.1) is 0 Å². The standard InChI is InChI=1S/C10H14N3/c1-2-5-8-6-3-4-7-9(8)13-10(11)12/h3-7H,2H2,1H3,(H4,11,12,13). The van der Waals surface area contributed by atoms with Gasteiger partial charge in [-0.2, -0.15) is 0 Å². The summed E-state index contributed by atoms with van der Waals surface area (Å²) in [5.74, 6) is -0.0306. The van der Waals surface area contributed by atoms with Crippen LogP contribution in [0.1, 0.15) is 18.9 Å². The molecule has 0 unspecified atom stereocenters. The molecule has 0 aliphatic carbocycles. The van der Waals surface area contributed by atoms with Gasteiger partial charge in [0.15, 0.2) is 5.96 Å². The molecule has 0 aliphatic heterocycles. The van der Waals surface area contributed by atoms with Crippen LogP contribution in [0.2, 0.25) is 0 Å². The second-order valence-electron chi connectivity index (χ2n) is 2.74. The molecule has 4 N–H and O–H groups in total. The Balaban J connectivity index is 2.84. The molecule has 3 heteroatoms. The Morgan fingerprint density at radius 3 is 2.85 bits per heavy atom. The second kappa shape index (κ2) is 4.50. The highest BCUT2D eigenvalue weighted by Gasteiger charge is 2.00. The minimum Gasteiger partial charge on any atom is -0.370 e. The van der Waals surface area contributed by atoms with Crippen molar-refractivity contribution in [3.63, 3.8) is 0 Å². The molecular formula is C10H14N3. The van der Waals surface area contributed by atoms with Gasteiger partial charge in [0.1, 0.15) is 0 Å². The van der Waals surface area contributed by atoms with Crippen molar-refractivity contribution in [2.75, 3.05) is 5.32 Å². The summed E-state index contributed by atoms with van der Waals surface area (Å²) in [5, 5.41) is 9.90. The topological polar surface area (TPSA) is 61.9 Å². The van der Waals surface area contributed by atoms with E-state index in [2.05, 4.69) is 18.7 Å². The molecule has 1 radical (unpaired) electrons. The molecule has 69 valence electrons. The molecule has 1 aromatic carbocycles. The van der Waals surface area contributed by atoms with Gasteiger partial charge >= 0.3 is 0 Å². The monoisotopic (exact) mass is 176 g/mol. The zero-order valence-corrected chi connectivity index (χ0v) is 7.67. The average Bonchev–Trinajstić information content (AvgIpc) is 2.08. The Labute approximate surface area is 78.5 Å². The Morgan fingerprint density at radius 1 is 1.54 bits per heavy atom. The van der Waals surface area contributed by atoms with Crippen molar-refractivity contribution in [1.82, 2.24) is 0 Å². The van der Waals surface area contributed by atoms with E-state index in [1.165, 1.54) is 0 Å². The molecule has 0 bridgehead atoms. The number of nitrogens with one attached hydrogen (secondary N) is 2. The summed E-state index contributed by atoms with van der Waals surface area (Å²) < 4.78 is 0. The van der Waals surface area contributed by atoms with Crippen molar-refractivity contribution >= 4 is 11.6 Å². The molecular weight excluding hydrogens is 162 g/mol. The van der Waals surface area contributed by atoms with Gasteiger partial charge in [0.05, 0.1) is 0 Å². The van der Waals surface area contributed by atoms with Crippen LogP contribution in [0.4, 0.5) is 5.69 Å². The van der Waals surface area contributed by atoms with Crippen LogP contribution >= 0.6 is 0 Å². The van der Waals surface area contributed by atoms with Crippen LogP contribution in [0.15, 0.2) is 24.3 Å². The minimum atomic E-state index is -0.0306. The first-order chi connectivity index (χ1) is 6.24. The summed E-state index contributed by atoms with van der Waals surface area (Å²) in [7, 11) is 0. The van der Waals surface area contributed by atoms with Crippen molar-refractivity contribution in [3.8, 4) is 0 Å². The number of benzene rings is 1. The van der Waals surface area contributed by atoms with E-state index in [4.69, 9.17) is 11.1 Å². The third kappa shape index (κ3) is 2.78. The minimum absolute atomic E-state index is 0.0306. The zero-order valence-electron chi connectivity index (χ0n) is 7.67. The number of hydrogen-bond donors (Lipinski definition) is 3. The van der Waals surface area contributed by atoms with Crippen LogP contribution in [-0.4, -0.2) is 5.96 Å². The number of hydrogen-bond acceptors (Lipinski definition) is 1. The third-order valence-corrected chi connectivity index (χ3v) is 1.65. The first-order valence-electron chi connectivity index (χ1n) is 4.27. The lowest BCUT2D eigenvalue weighted by Crippen LogP contribution is -2.21. The molecule has 1 aromatic rings. The first kappa shape index (κ1) is 9.58. The van der Waals surface area contributed by atoms with Crippen LogP contribution in [0.25, 0.3) is 0 Å². The van der Waals surface area contributed by atoms with E-state index in [0.717, 1.165) is 17.7 Å². The molecule has 0 saturated carbocycles. The van der Waals surface area contributed by atoms with Crippen LogP contribution < -0.4 is 11.1 Å². The first-order valence-corrected chi connectivity index (χ1v) is 4.27. The predicted molar refractivity (Wildman–Crippen MR) is 55.7 cm³/mol. The summed E-state index contributed by atoms with van der Waals surface area (Å²) in [5.41, 5.74) is 7.22. The summed E-state index contributed by atoms with van der Waals surface area (Å²) in [6.07, 6.45) is 3.06. The maximum atomic E-state index is 7.11. The van der Waals surface area contributed by atoms with Gasteiger partial charge in [-0.1, -0.05) is 25.1 Å². The van der Waals surface area contributed by atoms with Crippen LogP contribution in [0.3, 0.4) is 0 Å². The predicted octanol–water partition coefficient (Wildman–Crippen LogP) is 1.95. The van der Waals surface area contributed by atoms with E-state index in [-0.39, 0.29) is 5.96 Å². The summed E-state index contributed by atoms with van der Waals surface area (Å²) >= 11 is 0. The van der Waals surface area contributed by atoms with Gasteiger partial charge in [-0.3, -0.25) is 5.41 Å². The van der Waals surface area contributed by atoms with Gasteiger partial charge in [0.25, 0.3) is 0 Å². The van der Waals surface area contributed by atoms with E-state index in [9.17, 15) is 0 Å². The summed E-state index contributed by atoms with van der Waals surface area (Å²) in [4.78, 5) is 0. The van der Waals surface area contributed by atoms with E-state index in [0.29, 0.717) is 0 Å². The number of rotatable bonds is 3. The molecule has 0 heterocycles. The van der Waals surface area contributed by atoms with Gasteiger partial charge in [0, 0.05) is 5.69 Å². The van der Waals surface area contributed by atoms with E-state index >= 15 is 0 Å². The molecule has 0 saturated heterocycles. The number of guanidine groups is 1. The molecule has 1 rings (SSSR count). The molecule has 3 nitrogen and oxygen atoms in total. The van der Waals surface area contributed by atoms with Gasteiger partial charge < -0.3 is 11.1 Å². The largest absolute Gasteiger partial charge is 0.370 e. The number of nitrogens with two attached hydrogens (primary N) is 1.